The number of aromatic nitrogens is 1. The average molecular weight is 425 g/mol. The molecular formula is C22H27N5O4. The number of benzene rings is 1. The molecule has 0 radical (unpaired) electrons. The number of H-pyrrole nitrogens is 1. The molecule has 0 saturated heterocycles. The van der Waals surface area contributed by atoms with Gasteiger partial charge in [0, 0.05) is 23.8 Å². The van der Waals surface area contributed by atoms with Gasteiger partial charge < -0.3 is 26.2 Å². The molecule has 31 heavy (non-hydrogen) atoms. The van der Waals surface area contributed by atoms with Gasteiger partial charge in [-0.15, -0.1) is 0 Å². The molecular weight excluding hydrogens is 398 g/mol. The van der Waals surface area contributed by atoms with E-state index in [1.54, 1.807) is 19.1 Å². The molecule has 4 rings (SSSR count). The van der Waals surface area contributed by atoms with Gasteiger partial charge in [0.15, 0.2) is 0 Å². The van der Waals surface area contributed by atoms with E-state index in [-0.39, 0.29) is 23.8 Å². The van der Waals surface area contributed by atoms with Crippen molar-refractivity contribution < 1.29 is 19.8 Å². The van der Waals surface area contributed by atoms with E-state index < -0.39 is 12.3 Å². The van der Waals surface area contributed by atoms with Crippen molar-refractivity contribution in [3.8, 4) is 0 Å². The number of aromatic amines is 1. The highest BCUT2D eigenvalue weighted by atomic mass is 16.5. The maximum Gasteiger partial charge on any atom is 0.259 e. The number of hydrogen-bond donors (Lipinski definition) is 5. The number of amidine groups is 1. The van der Waals surface area contributed by atoms with E-state index >= 15 is 0 Å². The summed E-state index contributed by atoms with van der Waals surface area (Å²) in [6.45, 7) is 3.60. The van der Waals surface area contributed by atoms with Gasteiger partial charge in [-0.1, -0.05) is 6.07 Å². The van der Waals surface area contributed by atoms with Crippen LogP contribution in [0.15, 0.2) is 29.4 Å². The summed E-state index contributed by atoms with van der Waals surface area (Å²) in [6, 6.07) is 5.37. The highest BCUT2D eigenvalue weighted by Gasteiger charge is 2.37. The lowest BCUT2D eigenvalue weighted by Crippen LogP contribution is -2.42. The third-order valence-corrected chi connectivity index (χ3v) is 5.67. The standard InChI is InChI=1S/C22H27N5O4/c1-11-3-4-13(20(28)25-14-5-6-14)9-17(11)26-19(23)18-12(2)16(10-24-18)21(29)27(22(30)31)15-7-8-15/h3-4,9-10,14-15,22,24,30-31H,5-8H2,1-2H3,(H2,23,26)(H,25,28). The predicted octanol–water partition coefficient (Wildman–Crippen LogP) is 1.43. The van der Waals surface area contributed by atoms with E-state index in [2.05, 4.69) is 15.3 Å². The molecule has 0 spiro atoms. The molecule has 6 N–H and O–H groups in total. The van der Waals surface area contributed by atoms with Gasteiger partial charge in [0.05, 0.1) is 16.9 Å². The number of carbonyl (C=O) groups excluding carboxylic acids is 2. The molecule has 0 bridgehead atoms. The zero-order valence-corrected chi connectivity index (χ0v) is 17.6. The number of hydrogen-bond acceptors (Lipinski definition) is 5. The lowest BCUT2D eigenvalue weighted by molar-refractivity contribution is -0.138. The minimum atomic E-state index is -1.85. The molecule has 2 aliphatic carbocycles. The lowest BCUT2D eigenvalue weighted by Gasteiger charge is -2.23. The van der Waals surface area contributed by atoms with Gasteiger partial charge in [0.2, 0.25) is 6.41 Å². The molecule has 1 aromatic heterocycles. The van der Waals surface area contributed by atoms with Gasteiger partial charge in [0.25, 0.3) is 11.8 Å². The summed E-state index contributed by atoms with van der Waals surface area (Å²) < 4.78 is 0. The fourth-order valence-electron chi connectivity index (χ4n) is 3.49. The van der Waals surface area contributed by atoms with Crippen molar-refractivity contribution in [2.24, 2.45) is 10.7 Å². The highest BCUT2D eigenvalue weighted by molar-refractivity contribution is 6.04. The Hall–Kier alpha value is -3.17. The third kappa shape index (κ3) is 4.47. The number of aliphatic hydroxyl groups excluding tert-OH is 1. The topological polar surface area (TPSA) is 144 Å². The number of nitrogens with two attached hydrogens (primary N) is 1. The minimum Gasteiger partial charge on any atom is -0.382 e. The molecule has 164 valence electrons. The number of rotatable bonds is 7. The van der Waals surface area contributed by atoms with E-state index in [1.807, 2.05) is 13.0 Å². The number of amides is 2. The lowest BCUT2D eigenvalue weighted by atomic mass is 10.1. The van der Waals surface area contributed by atoms with Gasteiger partial charge in [-0.3, -0.25) is 14.5 Å². The fourth-order valence-corrected chi connectivity index (χ4v) is 3.49. The Morgan fingerprint density at radius 3 is 2.55 bits per heavy atom. The van der Waals surface area contributed by atoms with Crippen molar-refractivity contribution in [3.63, 3.8) is 0 Å². The molecule has 0 aliphatic heterocycles. The molecule has 2 aromatic rings. The summed E-state index contributed by atoms with van der Waals surface area (Å²) in [6.07, 6.45) is 3.15. The second-order valence-corrected chi connectivity index (χ2v) is 8.24. The summed E-state index contributed by atoms with van der Waals surface area (Å²) in [5.41, 5.74) is 9.51. The Morgan fingerprint density at radius 1 is 1.23 bits per heavy atom. The monoisotopic (exact) mass is 425 g/mol. The van der Waals surface area contributed by atoms with Crippen molar-refractivity contribution in [2.75, 3.05) is 0 Å². The van der Waals surface area contributed by atoms with Crippen molar-refractivity contribution >= 4 is 23.3 Å². The molecule has 1 aromatic carbocycles. The second-order valence-electron chi connectivity index (χ2n) is 8.24. The first-order valence-electron chi connectivity index (χ1n) is 10.4. The van der Waals surface area contributed by atoms with Crippen LogP contribution in [0, 0.1) is 13.8 Å². The van der Waals surface area contributed by atoms with Crippen LogP contribution in [0.2, 0.25) is 0 Å². The molecule has 0 unspecified atom stereocenters. The Labute approximate surface area is 180 Å². The van der Waals surface area contributed by atoms with E-state index in [0.717, 1.165) is 36.1 Å². The molecule has 2 fully saturated rings. The van der Waals surface area contributed by atoms with Gasteiger partial charge in [-0.2, -0.15) is 0 Å². The van der Waals surface area contributed by atoms with Crippen LogP contribution in [0.25, 0.3) is 0 Å². The van der Waals surface area contributed by atoms with Crippen molar-refractivity contribution in [1.29, 1.82) is 0 Å². The van der Waals surface area contributed by atoms with Gasteiger partial charge in [-0.25, -0.2) is 4.99 Å². The van der Waals surface area contributed by atoms with Crippen LogP contribution in [0.1, 0.15) is 63.2 Å². The average Bonchev–Trinajstić information content (AvgIpc) is 3.64. The van der Waals surface area contributed by atoms with Crippen LogP contribution >= 0.6 is 0 Å². The number of aliphatic hydroxyl groups is 2. The number of nitrogens with one attached hydrogen (secondary N) is 2. The third-order valence-electron chi connectivity index (χ3n) is 5.67. The van der Waals surface area contributed by atoms with Crippen LogP contribution in [-0.2, 0) is 0 Å². The highest BCUT2D eigenvalue weighted by Crippen LogP contribution is 2.30. The first kappa shape index (κ1) is 21.1. The largest absolute Gasteiger partial charge is 0.382 e. The SMILES string of the molecule is Cc1ccc(C(=O)NC2CC2)cc1N=C(N)c1[nH]cc(C(=O)N(C(O)O)C2CC2)c1C. The van der Waals surface area contributed by atoms with Crippen LogP contribution < -0.4 is 11.1 Å². The quantitative estimate of drug-likeness (QED) is 0.259. The van der Waals surface area contributed by atoms with Crippen LogP contribution in [0.5, 0.6) is 0 Å². The van der Waals surface area contributed by atoms with Crippen LogP contribution in [-0.4, -0.2) is 56.2 Å². The smallest absolute Gasteiger partial charge is 0.259 e. The van der Waals surface area contributed by atoms with Crippen LogP contribution in [0.3, 0.4) is 0 Å². The maximum absolute atomic E-state index is 12.8. The van der Waals surface area contributed by atoms with E-state index in [9.17, 15) is 19.8 Å². The summed E-state index contributed by atoms with van der Waals surface area (Å²) in [4.78, 5) is 33.7. The Kier molecular flexibility index (Phi) is 5.55. The molecule has 2 amide bonds. The molecule has 9 nitrogen and oxygen atoms in total. The zero-order chi connectivity index (χ0) is 22.3. The Balaban J connectivity index is 1.59. The molecule has 0 atom stereocenters. The second kappa shape index (κ2) is 8.16. The molecule has 2 saturated carbocycles. The minimum absolute atomic E-state index is 0.135. The first-order chi connectivity index (χ1) is 14.8. The summed E-state index contributed by atoms with van der Waals surface area (Å²) in [5, 5.41) is 22.1. The summed E-state index contributed by atoms with van der Waals surface area (Å²) in [7, 11) is 0. The van der Waals surface area contributed by atoms with Gasteiger partial charge in [-0.05, 0) is 62.8 Å². The van der Waals surface area contributed by atoms with E-state index in [1.165, 1.54) is 6.20 Å². The Bertz CT molecular complexity index is 1050. The summed E-state index contributed by atoms with van der Waals surface area (Å²) in [5.74, 6) is -0.439. The van der Waals surface area contributed by atoms with Crippen LogP contribution in [0.4, 0.5) is 5.69 Å². The number of carbonyl (C=O) groups is 2. The normalized spacial score (nSPS) is 16.5. The molecule has 2 aliphatic rings. The van der Waals surface area contributed by atoms with E-state index in [0.29, 0.717) is 28.1 Å². The maximum atomic E-state index is 12.8. The fraction of sp³-hybridized carbons (Fsp3) is 0.409. The molecule has 9 heteroatoms. The van der Waals surface area contributed by atoms with Crippen molar-refractivity contribution in [2.45, 2.75) is 58.0 Å². The number of aliphatic imine (C=N–C) groups is 1. The zero-order valence-electron chi connectivity index (χ0n) is 17.6. The first-order valence-corrected chi connectivity index (χ1v) is 10.4. The van der Waals surface area contributed by atoms with Crippen molar-refractivity contribution in [3.05, 3.63) is 52.3 Å². The summed E-state index contributed by atoms with van der Waals surface area (Å²) >= 11 is 0. The Morgan fingerprint density at radius 2 is 1.94 bits per heavy atom. The van der Waals surface area contributed by atoms with Gasteiger partial charge >= 0.3 is 0 Å². The molecule has 1 heterocycles. The predicted molar refractivity (Wildman–Crippen MR) is 115 cm³/mol. The van der Waals surface area contributed by atoms with E-state index in [4.69, 9.17) is 5.73 Å². The number of aryl methyl sites for hydroxylation is 1. The number of nitrogens with zero attached hydrogens (tertiary/aromatic N) is 2. The van der Waals surface area contributed by atoms with Gasteiger partial charge in [0.1, 0.15) is 5.84 Å². The van der Waals surface area contributed by atoms with Crippen molar-refractivity contribution in [1.82, 2.24) is 15.2 Å².